The number of aryl methyl sites for hydroxylation is 2. The molecule has 0 bridgehead atoms. The van der Waals surface area contributed by atoms with E-state index in [2.05, 4.69) is 24.4 Å². The average molecular weight is 430 g/mol. The minimum atomic E-state index is -0.331. The zero-order chi connectivity index (χ0) is 21.3. The first-order valence-corrected chi connectivity index (χ1v) is 11.8. The number of nitrogens with one attached hydrogen (secondary N) is 1. The molecule has 1 aliphatic carbocycles. The van der Waals surface area contributed by atoms with Crippen molar-refractivity contribution in [3.05, 3.63) is 45.8 Å². The molecule has 0 saturated carbocycles. The third-order valence-corrected chi connectivity index (χ3v) is 6.39. The third kappa shape index (κ3) is 5.85. The maximum Gasteiger partial charge on any atom is 0.341 e. The van der Waals surface area contributed by atoms with Crippen LogP contribution in [0.2, 0.25) is 0 Å². The minimum absolute atomic E-state index is 0.0963. The number of hydrogen-bond acceptors (Lipinski definition) is 5. The predicted octanol–water partition coefficient (Wildman–Crippen LogP) is 5.55. The minimum Gasteiger partial charge on any atom is -0.494 e. The number of benzene rings is 1. The van der Waals surface area contributed by atoms with Crippen LogP contribution in [-0.2, 0) is 28.8 Å². The first-order chi connectivity index (χ1) is 14.6. The summed E-state index contributed by atoms with van der Waals surface area (Å²) in [6, 6.07) is 8.13. The van der Waals surface area contributed by atoms with Crippen molar-refractivity contribution >= 4 is 28.2 Å². The van der Waals surface area contributed by atoms with Gasteiger partial charge in [0.25, 0.3) is 0 Å². The van der Waals surface area contributed by atoms with Crippen LogP contribution in [0.15, 0.2) is 24.3 Å². The van der Waals surface area contributed by atoms with Crippen molar-refractivity contribution in [2.24, 2.45) is 0 Å². The van der Waals surface area contributed by atoms with Crippen LogP contribution in [-0.4, -0.2) is 25.1 Å². The summed E-state index contributed by atoms with van der Waals surface area (Å²) >= 11 is 1.52. The first-order valence-electron chi connectivity index (χ1n) is 11.0. The lowest BCUT2D eigenvalue weighted by Crippen LogP contribution is -2.16. The van der Waals surface area contributed by atoms with Gasteiger partial charge in [0.1, 0.15) is 10.8 Å². The molecule has 0 unspecified atom stereocenters. The molecule has 0 saturated heterocycles. The van der Waals surface area contributed by atoms with Crippen LogP contribution < -0.4 is 10.1 Å². The lowest BCUT2D eigenvalue weighted by molar-refractivity contribution is -0.116. The number of ether oxygens (including phenoxy) is 2. The Morgan fingerprint density at radius 2 is 1.87 bits per heavy atom. The lowest BCUT2D eigenvalue weighted by Gasteiger charge is -2.12. The molecule has 2 aromatic rings. The lowest BCUT2D eigenvalue weighted by atomic mass is 9.95. The summed E-state index contributed by atoms with van der Waals surface area (Å²) in [4.78, 5) is 26.2. The van der Waals surface area contributed by atoms with E-state index in [9.17, 15) is 9.59 Å². The molecule has 0 atom stereocenters. The van der Waals surface area contributed by atoms with Gasteiger partial charge in [0.2, 0.25) is 5.91 Å². The van der Waals surface area contributed by atoms with Gasteiger partial charge in [0.15, 0.2) is 0 Å². The Morgan fingerprint density at radius 3 is 2.60 bits per heavy atom. The maximum absolute atomic E-state index is 12.5. The molecule has 1 aromatic heterocycles. The molecule has 0 spiro atoms. The molecule has 1 N–H and O–H groups in total. The Morgan fingerprint density at radius 1 is 1.10 bits per heavy atom. The second-order valence-electron chi connectivity index (χ2n) is 7.53. The van der Waals surface area contributed by atoms with Crippen molar-refractivity contribution in [2.45, 2.75) is 65.2 Å². The van der Waals surface area contributed by atoms with E-state index in [0.717, 1.165) is 49.8 Å². The SMILES string of the molecule is CCCc1ccc(OCCCC(=O)Nc2sc3c(c2C(=O)OCC)CCCC3)cc1. The molecule has 0 aliphatic heterocycles. The Kier molecular flexibility index (Phi) is 8.31. The molecule has 1 amide bonds. The van der Waals surface area contributed by atoms with Gasteiger partial charge in [-0.1, -0.05) is 25.5 Å². The van der Waals surface area contributed by atoms with Gasteiger partial charge >= 0.3 is 5.97 Å². The van der Waals surface area contributed by atoms with Crippen molar-refractivity contribution in [2.75, 3.05) is 18.5 Å². The van der Waals surface area contributed by atoms with Gasteiger partial charge in [-0.2, -0.15) is 0 Å². The van der Waals surface area contributed by atoms with Crippen LogP contribution in [0.1, 0.15) is 72.3 Å². The first kappa shape index (κ1) is 22.3. The highest BCUT2D eigenvalue weighted by atomic mass is 32.1. The summed E-state index contributed by atoms with van der Waals surface area (Å²) in [6.45, 7) is 4.77. The number of fused-ring (bicyclic) bond motifs is 1. The molecule has 1 aromatic carbocycles. The van der Waals surface area contributed by atoms with E-state index in [0.29, 0.717) is 36.6 Å². The zero-order valence-corrected chi connectivity index (χ0v) is 18.7. The standard InChI is InChI=1S/C24H31NO4S/c1-3-8-17-12-14-18(15-13-17)29-16-7-11-21(26)25-23-22(24(27)28-4-2)19-9-5-6-10-20(19)30-23/h12-15H,3-11,16H2,1-2H3,(H,25,26). The van der Waals surface area contributed by atoms with E-state index in [4.69, 9.17) is 9.47 Å². The molecule has 30 heavy (non-hydrogen) atoms. The zero-order valence-electron chi connectivity index (χ0n) is 17.9. The normalized spacial score (nSPS) is 12.9. The second kappa shape index (κ2) is 11.2. The van der Waals surface area contributed by atoms with E-state index in [1.165, 1.54) is 21.8 Å². The van der Waals surface area contributed by atoms with E-state index < -0.39 is 0 Å². The molecular formula is C24H31NO4S. The smallest absolute Gasteiger partial charge is 0.341 e. The molecule has 6 heteroatoms. The summed E-state index contributed by atoms with van der Waals surface area (Å²) in [5.74, 6) is 0.397. The number of thiophene rings is 1. The van der Waals surface area contributed by atoms with Gasteiger partial charge in [-0.05, 0) is 68.7 Å². The van der Waals surface area contributed by atoms with Gasteiger partial charge in [-0.15, -0.1) is 11.3 Å². The fourth-order valence-electron chi connectivity index (χ4n) is 3.73. The maximum atomic E-state index is 12.5. The van der Waals surface area contributed by atoms with Gasteiger partial charge in [0.05, 0.1) is 18.8 Å². The largest absolute Gasteiger partial charge is 0.494 e. The van der Waals surface area contributed by atoms with Crippen molar-refractivity contribution in [3.8, 4) is 5.75 Å². The van der Waals surface area contributed by atoms with Crippen LogP contribution in [0, 0.1) is 0 Å². The van der Waals surface area contributed by atoms with Gasteiger partial charge in [-0.3, -0.25) is 4.79 Å². The summed E-state index contributed by atoms with van der Waals surface area (Å²) < 4.78 is 11.0. The highest BCUT2D eigenvalue weighted by Crippen LogP contribution is 2.38. The summed E-state index contributed by atoms with van der Waals surface area (Å²) in [6.07, 6.45) is 7.19. The van der Waals surface area contributed by atoms with Gasteiger partial charge in [0, 0.05) is 11.3 Å². The second-order valence-corrected chi connectivity index (χ2v) is 8.63. The van der Waals surface area contributed by atoms with Crippen LogP contribution in [0.3, 0.4) is 0 Å². The van der Waals surface area contributed by atoms with E-state index in [-0.39, 0.29) is 11.9 Å². The number of rotatable bonds is 10. The monoisotopic (exact) mass is 429 g/mol. The third-order valence-electron chi connectivity index (χ3n) is 5.18. The molecule has 1 heterocycles. The molecular weight excluding hydrogens is 398 g/mol. The van der Waals surface area contributed by atoms with Crippen LogP contribution in [0.25, 0.3) is 0 Å². The molecule has 5 nitrogen and oxygen atoms in total. The van der Waals surface area contributed by atoms with Crippen molar-refractivity contribution in [3.63, 3.8) is 0 Å². The Hall–Kier alpha value is -2.34. The highest BCUT2D eigenvalue weighted by Gasteiger charge is 2.27. The van der Waals surface area contributed by atoms with Crippen molar-refractivity contribution < 1.29 is 19.1 Å². The quantitative estimate of drug-likeness (QED) is 0.397. The predicted molar refractivity (Wildman–Crippen MR) is 121 cm³/mol. The van der Waals surface area contributed by atoms with Gasteiger partial charge < -0.3 is 14.8 Å². The molecule has 0 radical (unpaired) electrons. The number of amides is 1. The van der Waals surface area contributed by atoms with E-state index >= 15 is 0 Å². The molecule has 0 fully saturated rings. The van der Waals surface area contributed by atoms with Crippen LogP contribution in [0.4, 0.5) is 5.00 Å². The van der Waals surface area contributed by atoms with Gasteiger partial charge in [-0.25, -0.2) is 4.79 Å². The molecule has 162 valence electrons. The fraction of sp³-hybridized carbons (Fsp3) is 0.500. The topological polar surface area (TPSA) is 64.6 Å². The van der Waals surface area contributed by atoms with Crippen molar-refractivity contribution in [1.82, 2.24) is 0 Å². The van der Waals surface area contributed by atoms with E-state index in [1.54, 1.807) is 6.92 Å². The molecule has 3 rings (SSSR count). The summed E-state index contributed by atoms with van der Waals surface area (Å²) in [5.41, 5.74) is 2.93. The summed E-state index contributed by atoms with van der Waals surface area (Å²) in [5, 5.41) is 3.59. The van der Waals surface area contributed by atoms with E-state index in [1.807, 2.05) is 12.1 Å². The Labute approximate surface area is 182 Å². The molecule has 1 aliphatic rings. The highest BCUT2D eigenvalue weighted by molar-refractivity contribution is 7.17. The van der Waals surface area contributed by atoms with Crippen LogP contribution in [0.5, 0.6) is 5.75 Å². The van der Waals surface area contributed by atoms with Crippen LogP contribution >= 0.6 is 11.3 Å². The Bertz CT molecular complexity index is 857. The van der Waals surface area contributed by atoms with Crippen molar-refractivity contribution in [1.29, 1.82) is 0 Å². The fourth-order valence-corrected chi connectivity index (χ4v) is 5.02. The number of esters is 1. The average Bonchev–Trinajstić information content (AvgIpc) is 3.10. The number of carbonyl (C=O) groups is 2. The number of carbonyl (C=O) groups excluding carboxylic acids is 2. The number of hydrogen-bond donors (Lipinski definition) is 1. The number of anilines is 1. The Balaban J connectivity index is 1.52. The summed E-state index contributed by atoms with van der Waals surface area (Å²) in [7, 11) is 0.